The van der Waals surface area contributed by atoms with Gasteiger partial charge in [0.2, 0.25) is 0 Å². The Kier molecular flexibility index (Phi) is 5.47. The molecule has 0 saturated heterocycles. The molecule has 0 bridgehead atoms. The Hall–Kier alpha value is -0.830. The number of hydrogen-bond donors (Lipinski definition) is 0. The molecule has 0 aliphatic carbocycles. The predicted octanol–water partition coefficient (Wildman–Crippen LogP) is 1.14. The molecule has 3 heteroatoms. The second kappa shape index (κ2) is 5.92. The summed E-state index contributed by atoms with van der Waals surface area (Å²) in [5.74, 6) is -0.244. The van der Waals surface area contributed by atoms with Gasteiger partial charge in [0.1, 0.15) is 0 Å². The molecule has 0 fully saturated rings. The highest BCUT2D eigenvalue weighted by atomic mass is 16.5. The van der Waals surface area contributed by atoms with Crippen molar-refractivity contribution in [2.24, 2.45) is 0 Å². The first kappa shape index (κ1) is 10.2. The van der Waals surface area contributed by atoms with E-state index in [2.05, 4.69) is 11.3 Å². The lowest BCUT2D eigenvalue weighted by molar-refractivity contribution is -0.139. The minimum atomic E-state index is -0.244. The Balaban J connectivity index is 3.44. The molecule has 0 aliphatic rings. The van der Waals surface area contributed by atoms with Crippen molar-refractivity contribution in [2.45, 2.75) is 12.8 Å². The van der Waals surface area contributed by atoms with E-state index in [0.29, 0.717) is 19.4 Å². The van der Waals surface area contributed by atoms with Crippen LogP contribution in [-0.4, -0.2) is 26.8 Å². The van der Waals surface area contributed by atoms with E-state index >= 15 is 0 Å². The number of carbonyl (C=O) groups excluding carboxylic acids is 1. The molecule has 0 aliphatic heterocycles. The first-order valence-electron chi connectivity index (χ1n) is 3.43. The lowest BCUT2D eigenvalue weighted by Gasteiger charge is -2.02. The van der Waals surface area contributed by atoms with Crippen LogP contribution in [0.5, 0.6) is 0 Å². The Labute approximate surface area is 67.0 Å². The van der Waals surface area contributed by atoms with Crippen molar-refractivity contribution >= 4 is 5.97 Å². The molecule has 0 saturated carbocycles. The van der Waals surface area contributed by atoms with E-state index in [1.807, 2.05) is 0 Å². The van der Waals surface area contributed by atoms with Crippen molar-refractivity contribution in [1.29, 1.82) is 0 Å². The molecule has 0 unspecified atom stereocenters. The van der Waals surface area contributed by atoms with Gasteiger partial charge in [-0.25, -0.2) is 0 Å². The van der Waals surface area contributed by atoms with Crippen LogP contribution in [0.2, 0.25) is 0 Å². The second-order valence-electron chi connectivity index (χ2n) is 2.25. The van der Waals surface area contributed by atoms with Gasteiger partial charge in [-0.2, -0.15) is 0 Å². The SMILES string of the molecule is C=C(CCOC)CC(=O)OC. The van der Waals surface area contributed by atoms with Crippen LogP contribution in [-0.2, 0) is 14.3 Å². The monoisotopic (exact) mass is 158 g/mol. The summed E-state index contributed by atoms with van der Waals surface area (Å²) in [7, 11) is 2.98. The van der Waals surface area contributed by atoms with E-state index in [4.69, 9.17) is 4.74 Å². The third kappa shape index (κ3) is 5.61. The zero-order valence-electron chi connectivity index (χ0n) is 7.05. The number of carbonyl (C=O) groups is 1. The van der Waals surface area contributed by atoms with Crippen LogP contribution in [0.3, 0.4) is 0 Å². The van der Waals surface area contributed by atoms with E-state index in [0.717, 1.165) is 5.57 Å². The molecule has 0 rings (SSSR count). The van der Waals surface area contributed by atoms with Gasteiger partial charge < -0.3 is 9.47 Å². The summed E-state index contributed by atoms with van der Waals surface area (Å²) < 4.78 is 9.27. The Bertz CT molecular complexity index is 140. The molecule has 0 heterocycles. The maximum Gasteiger partial charge on any atom is 0.309 e. The fourth-order valence-electron chi connectivity index (χ4n) is 0.611. The van der Waals surface area contributed by atoms with Gasteiger partial charge in [-0.3, -0.25) is 4.79 Å². The van der Waals surface area contributed by atoms with Gasteiger partial charge in [-0.05, 0) is 6.42 Å². The van der Waals surface area contributed by atoms with Gasteiger partial charge in [0.25, 0.3) is 0 Å². The van der Waals surface area contributed by atoms with Crippen molar-refractivity contribution in [3.8, 4) is 0 Å². The van der Waals surface area contributed by atoms with Gasteiger partial charge in [-0.1, -0.05) is 12.2 Å². The molecule has 0 spiro atoms. The molecule has 0 radical (unpaired) electrons. The number of ether oxygens (including phenoxy) is 2. The van der Waals surface area contributed by atoms with Crippen molar-refractivity contribution in [2.75, 3.05) is 20.8 Å². The molecule has 0 aromatic carbocycles. The molecule has 0 atom stereocenters. The van der Waals surface area contributed by atoms with Gasteiger partial charge in [0.15, 0.2) is 0 Å². The van der Waals surface area contributed by atoms with Crippen LogP contribution in [0.25, 0.3) is 0 Å². The molecular weight excluding hydrogens is 144 g/mol. The maximum atomic E-state index is 10.7. The zero-order valence-corrected chi connectivity index (χ0v) is 7.05. The third-order valence-corrected chi connectivity index (χ3v) is 1.28. The van der Waals surface area contributed by atoms with Crippen LogP contribution in [0.4, 0.5) is 0 Å². The maximum absolute atomic E-state index is 10.7. The molecule has 0 amide bonds. The summed E-state index contributed by atoms with van der Waals surface area (Å²) in [6, 6.07) is 0. The van der Waals surface area contributed by atoms with E-state index in [1.54, 1.807) is 7.11 Å². The molecule has 0 aromatic heterocycles. The predicted molar refractivity (Wildman–Crippen MR) is 42.3 cm³/mol. The Morgan fingerprint density at radius 3 is 2.55 bits per heavy atom. The average Bonchev–Trinajstić information content (AvgIpc) is 2.00. The lowest BCUT2D eigenvalue weighted by atomic mass is 10.1. The summed E-state index contributed by atoms with van der Waals surface area (Å²) in [6.45, 7) is 4.31. The average molecular weight is 158 g/mol. The third-order valence-electron chi connectivity index (χ3n) is 1.28. The van der Waals surface area contributed by atoms with Gasteiger partial charge in [0.05, 0.1) is 13.5 Å². The van der Waals surface area contributed by atoms with E-state index in [-0.39, 0.29) is 5.97 Å². The van der Waals surface area contributed by atoms with Crippen molar-refractivity contribution in [3.63, 3.8) is 0 Å². The van der Waals surface area contributed by atoms with Gasteiger partial charge in [-0.15, -0.1) is 0 Å². The number of methoxy groups -OCH3 is 2. The fourth-order valence-corrected chi connectivity index (χ4v) is 0.611. The Morgan fingerprint density at radius 2 is 2.09 bits per heavy atom. The summed E-state index contributed by atoms with van der Waals surface area (Å²) in [5, 5.41) is 0. The largest absolute Gasteiger partial charge is 0.469 e. The summed E-state index contributed by atoms with van der Waals surface area (Å²) in [5.41, 5.74) is 0.846. The molecule has 0 N–H and O–H groups in total. The van der Waals surface area contributed by atoms with E-state index < -0.39 is 0 Å². The van der Waals surface area contributed by atoms with Crippen LogP contribution >= 0.6 is 0 Å². The van der Waals surface area contributed by atoms with E-state index in [1.165, 1.54) is 7.11 Å². The number of hydrogen-bond acceptors (Lipinski definition) is 3. The first-order valence-corrected chi connectivity index (χ1v) is 3.43. The molecule has 11 heavy (non-hydrogen) atoms. The van der Waals surface area contributed by atoms with Gasteiger partial charge in [0, 0.05) is 13.7 Å². The smallest absolute Gasteiger partial charge is 0.309 e. The minimum Gasteiger partial charge on any atom is -0.469 e. The number of esters is 1. The quantitative estimate of drug-likeness (QED) is 0.444. The van der Waals surface area contributed by atoms with Crippen LogP contribution < -0.4 is 0 Å². The Morgan fingerprint density at radius 1 is 1.45 bits per heavy atom. The van der Waals surface area contributed by atoms with Crippen molar-refractivity contribution in [1.82, 2.24) is 0 Å². The second-order valence-corrected chi connectivity index (χ2v) is 2.25. The highest BCUT2D eigenvalue weighted by Gasteiger charge is 2.02. The topological polar surface area (TPSA) is 35.5 Å². The minimum absolute atomic E-state index is 0.244. The lowest BCUT2D eigenvalue weighted by Crippen LogP contribution is -2.02. The summed E-state index contributed by atoms with van der Waals surface area (Å²) in [6.07, 6.45) is 1.01. The molecule has 0 aromatic rings. The molecule has 3 nitrogen and oxygen atoms in total. The van der Waals surface area contributed by atoms with E-state index in [9.17, 15) is 4.79 Å². The standard InChI is InChI=1S/C8H14O3/c1-7(4-5-10-2)6-8(9)11-3/h1,4-6H2,2-3H3. The normalized spacial score (nSPS) is 9.27. The first-order chi connectivity index (χ1) is 5.20. The highest BCUT2D eigenvalue weighted by Crippen LogP contribution is 2.04. The summed E-state index contributed by atoms with van der Waals surface area (Å²) >= 11 is 0. The van der Waals surface area contributed by atoms with Crippen molar-refractivity contribution < 1.29 is 14.3 Å². The molecular formula is C8H14O3. The van der Waals surface area contributed by atoms with Gasteiger partial charge >= 0.3 is 5.97 Å². The van der Waals surface area contributed by atoms with Crippen molar-refractivity contribution in [3.05, 3.63) is 12.2 Å². The molecule has 64 valence electrons. The fraction of sp³-hybridized carbons (Fsp3) is 0.625. The van der Waals surface area contributed by atoms with Crippen LogP contribution in [0.1, 0.15) is 12.8 Å². The summed E-state index contributed by atoms with van der Waals surface area (Å²) in [4.78, 5) is 10.7. The zero-order chi connectivity index (χ0) is 8.69. The highest BCUT2D eigenvalue weighted by molar-refractivity contribution is 5.71. The number of rotatable bonds is 5. The van der Waals surface area contributed by atoms with Crippen LogP contribution in [0.15, 0.2) is 12.2 Å². The van der Waals surface area contributed by atoms with Crippen LogP contribution in [0, 0.1) is 0 Å².